The van der Waals surface area contributed by atoms with Gasteiger partial charge in [0.05, 0.1) is 23.4 Å². The molecule has 4 rings (SSSR count). The third-order valence-corrected chi connectivity index (χ3v) is 7.12. The van der Waals surface area contributed by atoms with E-state index in [1.165, 1.54) is 6.07 Å². The number of esters is 1. The fraction of sp³-hybridized carbons (Fsp3) is 0.450. The third-order valence-electron chi connectivity index (χ3n) is 7.12. The van der Waals surface area contributed by atoms with Crippen LogP contribution < -0.4 is 19.7 Å². The molecule has 0 unspecified atom stereocenters. The van der Waals surface area contributed by atoms with Gasteiger partial charge in [0, 0.05) is 25.7 Å². The van der Waals surface area contributed by atoms with Gasteiger partial charge in [-0.2, -0.15) is 18.4 Å². The first-order chi connectivity index (χ1) is 24.1. The first-order valence-corrected chi connectivity index (χ1v) is 17.4. The van der Waals surface area contributed by atoms with E-state index in [1.807, 2.05) is 72.8 Å². The Hall–Kier alpha value is -4.49. The molecule has 0 spiro atoms. The van der Waals surface area contributed by atoms with Crippen molar-refractivity contribution in [3.05, 3.63) is 101 Å². The summed E-state index contributed by atoms with van der Waals surface area (Å²) in [6, 6.07) is 21.7. The highest BCUT2D eigenvalue weighted by atomic mass is 19.4. The van der Waals surface area contributed by atoms with E-state index < -0.39 is 12.8 Å². The van der Waals surface area contributed by atoms with E-state index in [0.29, 0.717) is 43.7 Å². The lowest BCUT2D eigenvalue weighted by molar-refractivity contribution is -0.153. The molecular formula is C40H54F3N3O4. The van der Waals surface area contributed by atoms with Crippen molar-refractivity contribution < 1.29 is 32.2 Å². The summed E-state index contributed by atoms with van der Waals surface area (Å²) in [4.78, 5) is 14.3. The van der Waals surface area contributed by atoms with Crippen molar-refractivity contribution in [2.75, 3.05) is 44.4 Å². The van der Waals surface area contributed by atoms with Crippen LogP contribution in [0.4, 0.5) is 18.9 Å². The van der Waals surface area contributed by atoms with Crippen molar-refractivity contribution in [3.63, 3.8) is 0 Å². The van der Waals surface area contributed by atoms with Gasteiger partial charge in [-0.05, 0) is 81.5 Å². The van der Waals surface area contributed by atoms with Crippen molar-refractivity contribution in [2.45, 2.75) is 79.9 Å². The molecule has 1 N–H and O–H groups in total. The predicted molar refractivity (Wildman–Crippen MR) is 196 cm³/mol. The van der Waals surface area contributed by atoms with E-state index in [9.17, 15) is 23.2 Å². The zero-order valence-electron chi connectivity index (χ0n) is 30.6. The lowest BCUT2D eigenvalue weighted by Crippen LogP contribution is -2.32. The molecule has 3 aromatic rings. The number of alkyl halides is 3. The Morgan fingerprint density at radius 3 is 2.18 bits per heavy atom. The number of ether oxygens (including phenoxy) is 3. The van der Waals surface area contributed by atoms with E-state index >= 15 is 0 Å². The van der Waals surface area contributed by atoms with E-state index in [2.05, 4.69) is 22.4 Å². The summed E-state index contributed by atoms with van der Waals surface area (Å²) in [7, 11) is 0. The molecule has 0 saturated heterocycles. The topological polar surface area (TPSA) is 83.8 Å². The Labute approximate surface area is 297 Å². The van der Waals surface area contributed by atoms with Gasteiger partial charge in [0.25, 0.3) is 0 Å². The molecule has 0 fully saturated rings. The molecule has 0 aromatic heterocycles. The molecule has 50 heavy (non-hydrogen) atoms. The van der Waals surface area contributed by atoms with Crippen LogP contribution in [-0.4, -0.2) is 57.6 Å². The zero-order chi connectivity index (χ0) is 37.4. The Bertz CT molecular complexity index is 1450. The molecule has 3 aromatic carbocycles. The summed E-state index contributed by atoms with van der Waals surface area (Å²) in [5.41, 5.74) is 4.30. The van der Waals surface area contributed by atoms with Crippen LogP contribution in [0, 0.1) is 11.3 Å². The molecule has 0 aliphatic carbocycles. The number of fused-ring (bicyclic) bond motifs is 1. The van der Waals surface area contributed by atoms with Gasteiger partial charge >= 0.3 is 12.1 Å². The fourth-order valence-corrected chi connectivity index (χ4v) is 4.94. The van der Waals surface area contributed by atoms with Crippen LogP contribution in [-0.2, 0) is 17.6 Å². The number of carbonyl (C=O) groups excluding carboxylic acids is 1. The lowest BCUT2D eigenvalue weighted by atomic mass is 9.99. The smallest absolute Gasteiger partial charge is 0.422 e. The highest BCUT2D eigenvalue weighted by Crippen LogP contribution is 2.33. The normalized spacial score (nSPS) is 12.1. The molecule has 0 bridgehead atoms. The van der Waals surface area contributed by atoms with Crippen LogP contribution in [0.15, 0.2) is 78.9 Å². The monoisotopic (exact) mass is 697 g/mol. The lowest BCUT2D eigenvalue weighted by Gasteiger charge is -2.21. The molecule has 10 heteroatoms. The number of hydrogen-bond donors (Lipinski definition) is 1. The summed E-state index contributed by atoms with van der Waals surface area (Å²) >= 11 is 0. The maximum absolute atomic E-state index is 12.5. The maximum atomic E-state index is 12.5. The van der Waals surface area contributed by atoms with Gasteiger partial charge in [-0.15, -0.1) is 0 Å². The fourth-order valence-electron chi connectivity index (χ4n) is 4.94. The standard InChI is InChI=1S/C32H34F3N3O4.C4H8.2C2H6/c1-23(37-13-17-40-28-10-5-6-11-29(28)42-22-32(33,34)35)18-24-19-26-12-15-38(30(26)27(20-24)21-36)14-7-16-41-31(39)25-8-3-2-4-9-25;1-3-4-2;2*1-2/h2-6,8-11,19-20,23,37H,7,12-18,22H2,1H3;3-4H,1-2H3;2*1-2H3/b;4-3-;;/t23-;;;/m1.../s1. The minimum atomic E-state index is -4.43. The van der Waals surface area contributed by atoms with Crippen molar-refractivity contribution >= 4 is 11.7 Å². The minimum absolute atomic E-state index is 0.0484. The SMILES string of the molecule is C/C=C\C.CC.CC.C[C@H](Cc1cc(C#N)c2c(c1)CCN2CCCOC(=O)c1ccccc1)NCCOc1ccccc1OCC(F)(F)F. The predicted octanol–water partition coefficient (Wildman–Crippen LogP) is 9.34. The Morgan fingerprint density at radius 1 is 0.960 bits per heavy atom. The van der Waals surface area contributed by atoms with Gasteiger partial charge in [0.2, 0.25) is 0 Å². The number of halogens is 3. The van der Waals surface area contributed by atoms with Crippen LogP contribution in [0.3, 0.4) is 0 Å². The van der Waals surface area contributed by atoms with Crippen LogP contribution in [0.5, 0.6) is 11.5 Å². The molecule has 0 saturated carbocycles. The number of hydrogen-bond acceptors (Lipinski definition) is 7. The Kier molecular flexibility index (Phi) is 21.4. The minimum Gasteiger partial charge on any atom is -0.488 e. The van der Waals surface area contributed by atoms with E-state index in [4.69, 9.17) is 14.2 Å². The van der Waals surface area contributed by atoms with Crippen molar-refractivity contribution in [3.8, 4) is 17.6 Å². The average Bonchev–Trinajstić information content (AvgIpc) is 3.55. The summed E-state index contributed by atoms with van der Waals surface area (Å²) < 4.78 is 53.5. The summed E-state index contributed by atoms with van der Waals surface area (Å²) in [5.74, 6) is -0.0338. The summed E-state index contributed by atoms with van der Waals surface area (Å²) in [5, 5.41) is 13.3. The summed E-state index contributed by atoms with van der Waals surface area (Å²) in [6.07, 6.45) is 1.77. The molecule has 7 nitrogen and oxygen atoms in total. The molecule has 274 valence electrons. The molecule has 1 aliphatic heterocycles. The van der Waals surface area contributed by atoms with Gasteiger partial charge in [0.1, 0.15) is 12.7 Å². The van der Waals surface area contributed by atoms with Crippen LogP contribution in [0.1, 0.15) is 81.9 Å². The quantitative estimate of drug-likeness (QED) is 0.102. The number of allylic oxidation sites excluding steroid dienone is 2. The molecule has 1 aliphatic rings. The van der Waals surface area contributed by atoms with Gasteiger partial charge in [-0.3, -0.25) is 0 Å². The van der Waals surface area contributed by atoms with Gasteiger partial charge < -0.3 is 24.4 Å². The van der Waals surface area contributed by atoms with Crippen LogP contribution in [0.2, 0.25) is 0 Å². The second-order valence-electron chi connectivity index (χ2n) is 10.8. The number of para-hydroxylation sites is 2. The first-order valence-electron chi connectivity index (χ1n) is 17.4. The zero-order valence-corrected chi connectivity index (χ0v) is 30.6. The second kappa shape index (κ2) is 24.6. The van der Waals surface area contributed by atoms with Crippen molar-refractivity contribution in [1.82, 2.24) is 5.32 Å². The van der Waals surface area contributed by atoms with E-state index in [0.717, 1.165) is 29.8 Å². The van der Waals surface area contributed by atoms with E-state index in [-0.39, 0.29) is 30.1 Å². The number of benzene rings is 3. The maximum Gasteiger partial charge on any atom is 0.422 e. The Balaban J connectivity index is 0.00000143. The van der Waals surface area contributed by atoms with Gasteiger partial charge in [-0.25, -0.2) is 4.79 Å². The van der Waals surface area contributed by atoms with Gasteiger partial charge in [0.15, 0.2) is 18.1 Å². The van der Waals surface area contributed by atoms with Gasteiger partial charge in [-0.1, -0.05) is 76.2 Å². The molecular weight excluding hydrogens is 643 g/mol. The third kappa shape index (κ3) is 15.8. The van der Waals surface area contributed by atoms with Crippen molar-refractivity contribution in [1.29, 1.82) is 5.26 Å². The average molecular weight is 698 g/mol. The highest BCUT2D eigenvalue weighted by Gasteiger charge is 2.29. The largest absolute Gasteiger partial charge is 0.488 e. The molecule has 1 heterocycles. The number of nitrogens with zero attached hydrogens (tertiary/aromatic N) is 2. The van der Waals surface area contributed by atoms with Crippen molar-refractivity contribution in [2.24, 2.45) is 0 Å². The van der Waals surface area contributed by atoms with Crippen LogP contribution in [0.25, 0.3) is 0 Å². The van der Waals surface area contributed by atoms with Crippen LogP contribution >= 0.6 is 0 Å². The first kappa shape index (κ1) is 43.5. The number of nitrogens with one attached hydrogen (secondary N) is 1. The molecule has 0 amide bonds. The number of carbonyl (C=O) groups is 1. The summed E-state index contributed by atoms with van der Waals surface area (Å²) in [6.45, 7) is 15.2. The second-order valence-corrected chi connectivity index (χ2v) is 10.8. The Morgan fingerprint density at radius 2 is 1.58 bits per heavy atom. The highest BCUT2D eigenvalue weighted by molar-refractivity contribution is 5.89. The molecule has 1 atom stereocenters. The number of nitriles is 1. The number of anilines is 1. The molecule has 0 radical (unpaired) electrons. The van der Waals surface area contributed by atoms with E-state index in [1.54, 1.807) is 42.5 Å². The number of rotatable bonds is 14.